The number of Topliss-reactive ketones (excluding diaryl/α,β-unsaturated/α-hetero) is 2. The molecule has 1 aromatic carbocycles. The summed E-state index contributed by atoms with van der Waals surface area (Å²) in [5.74, 6) is 0.754. The van der Waals surface area contributed by atoms with Crippen LogP contribution < -0.4 is 0 Å². The van der Waals surface area contributed by atoms with Gasteiger partial charge in [0.25, 0.3) is 0 Å². The molecule has 1 aromatic rings. The third-order valence-electron chi connectivity index (χ3n) is 4.72. The highest BCUT2D eigenvalue weighted by molar-refractivity contribution is 8.02. The van der Waals surface area contributed by atoms with E-state index in [1.807, 2.05) is 12.1 Å². The van der Waals surface area contributed by atoms with E-state index in [0.717, 1.165) is 12.2 Å². The molecule has 1 aliphatic rings. The molecular formula is C22H30O2S. The van der Waals surface area contributed by atoms with E-state index in [-0.39, 0.29) is 11.6 Å². The zero-order valence-corrected chi connectivity index (χ0v) is 16.2. The van der Waals surface area contributed by atoms with Gasteiger partial charge in [-0.3, -0.25) is 9.59 Å². The number of thioether (sulfide) groups is 1. The van der Waals surface area contributed by atoms with Gasteiger partial charge < -0.3 is 0 Å². The normalized spacial score (nSPS) is 13.4. The predicted molar refractivity (Wildman–Crippen MR) is 107 cm³/mol. The molecule has 0 spiro atoms. The topological polar surface area (TPSA) is 34.1 Å². The van der Waals surface area contributed by atoms with Crippen LogP contribution in [0.1, 0.15) is 91.8 Å². The number of unbranched alkanes of at least 4 members (excludes halogenated alkanes) is 9. The first-order valence-electron chi connectivity index (χ1n) is 9.76. The molecule has 0 radical (unpaired) electrons. The Hall–Kier alpha value is -1.35. The van der Waals surface area contributed by atoms with Gasteiger partial charge in [0.1, 0.15) is 0 Å². The second-order valence-electron chi connectivity index (χ2n) is 6.79. The summed E-state index contributed by atoms with van der Waals surface area (Å²) in [4.78, 5) is 24.5. The summed E-state index contributed by atoms with van der Waals surface area (Å²) in [7, 11) is 0. The Morgan fingerprint density at radius 2 is 1.24 bits per heavy atom. The molecule has 0 saturated carbocycles. The van der Waals surface area contributed by atoms with Gasteiger partial charge in [-0.25, -0.2) is 0 Å². The number of allylic oxidation sites excluding steroid dienone is 1. The van der Waals surface area contributed by atoms with E-state index in [0.29, 0.717) is 16.7 Å². The molecule has 136 valence electrons. The first kappa shape index (κ1) is 20.0. The largest absolute Gasteiger partial charge is 0.288 e. The summed E-state index contributed by atoms with van der Waals surface area (Å²) in [5, 5.41) is 1.78. The van der Waals surface area contributed by atoms with Crippen molar-refractivity contribution in [1.82, 2.24) is 0 Å². The molecule has 0 atom stereocenters. The molecule has 0 aliphatic heterocycles. The Kier molecular flexibility index (Phi) is 9.03. The molecule has 0 fully saturated rings. The van der Waals surface area contributed by atoms with Gasteiger partial charge in [0.15, 0.2) is 11.6 Å². The number of carbonyl (C=O) groups is 2. The van der Waals surface area contributed by atoms with E-state index in [4.69, 9.17) is 0 Å². The van der Waals surface area contributed by atoms with Crippen molar-refractivity contribution in [2.24, 2.45) is 0 Å². The van der Waals surface area contributed by atoms with Gasteiger partial charge in [0.2, 0.25) is 0 Å². The van der Waals surface area contributed by atoms with Gasteiger partial charge in [0, 0.05) is 11.1 Å². The fraction of sp³-hybridized carbons (Fsp3) is 0.545. The molecule has 0 bridgehead atoms. The molecule has 0 saturated heterocycles. The Morgan fingerprint density at radius 1 is 0.760 bits per heavy atom. The maximum absolute atomic E-state index is 12.2. The second kappa shape index (κ2) is 11.3. The minimum absolute atomic E-state index is 0.115. The maximum Gasteiger partial charge on any atom is 0.198 e. The van der Waals surface area contributed by atoms with Crippen LogP contribution in [-0.2, 0) is 0 Å². The number of hydrogen-bond donors (Lipinski definition) is 0. The zero-order valence-electron chi connectivity index (χ0n) is 15.4. The molecular weight excluding hydrogens is 328 g/mol. The lowest BCUT2D eigenvalue weighted by Crippen LogP contribution is -1.99. The second-order valence-corrected chi connectivity index (χ2v) is 7.77. The van der Waals surface area contributed by atoms with Gasteiger partial charge >= 0.3 is 0 Å². The highest BCUT2D eigenvalue weighted by atomic mass is 32.2. The molecule has 0 unspecified atom stereocenters. The minimum Gasteiger partial charge on any atom is -0.288 e. The predicted octanol–water partition coefficient (Wildman–Crippen LogP) is 6.60. The van der Waals surface area contributed by atoms with Crippen molar-refractivity contribution in [1.29, 1.82) is 0 Å². The quantitative estimate of drug-likeness (QED) is 0.240. The van der Waals surface area contributed by atoms with Crippen LogP contribution >= 0.6 is 11.8 Å². The molecule has 2 nitrogen and oxygen atoms in total. The maximum atomic E-state index is 12.2. The Morgan fingerprint density at radius 3 is 1.76 bits per heavy atom. The van der Waals surface area contributed by atoms with E-state index >= 15 is 0 Å². The van der Waals surface area contributed by atoms with Crippen LogP contribution in [0.5, 0.6) is 0 Å². The summed E-state index contributed by atoms with van der Waals surface area (Å²) in [6.45, 7) is 2.26. The first-order valence-corrected chi connectivity index (χ1v) is 10.8. The average Bonchev–Trinajstić information content (AvgIpc) is 2.87. The van der Waals surface area contributed by atoms with Crippen molar-refractivity contribution in [2.75, 3.05) is 5.75 Å². The molecule has 0 amide bonds. The highest BCUT2D eigenvalue weighted by Crippen LogP contribution is 2.28. The van der Waals surface area contributed by atoms with Crippen molar-refractivity contribution in [3.63, 3.8) is 0 Å². The van der Waals surface area contributed by atoms with Crippen molar-refractivity contribution in [2.45, 2.75) is 71.1 Å². The van der Waals surface area contributed by atoms with Crippen LogP contribution in [0.15, 0.2) is 35.2 Å². The van der Waals surface area contributed by atoms with E-state index in [1.54, 1.807) is 29.3 Å². The van der Waals surface area contributed by atoms with Crippen molar-refractivity contribution < 1.29 is 9.59 Å². The molecule has 1 aliphatic carbocycles. The van der Waals surface area contributed by atoms with E-state index < -0.39 is 0 Å². The fourth-order valence-electron chi connectivity index (χ4n) is 3.19. The SMILES string of the molecule is CCCCCCCCCCCCSC=C1C(=O)c2ccccc2C1=O. The van der Waals surface area contributed by atoms with Gasteiger partial charge in [-0.15, -0.1) is 11.8 Å². The van der Waals surface area contributed by atoms with Crippen LogP contribution in [0.25, 0.3) is 0 Å². The van der Waals surface area contributed by atoms with Crippen molar-refractivity contribution in [3.05, 3.63) is 46.4 Å². The third-order valence-corrected chi connectivity index (χ3v) is 5.65. The molecule has 0 aromatic heterocycles. The first-order chi connectivity index (χ1) is 12.3. The number of hydrogen-bond acceptors (Lipinski definition) is 3. The summed E-state index contributed by atoms with van der Waals surface area (Å²) in [6, 6.07) is 7.10. The standard InChI is InChI=1S/C22H30O2S/c1-2-3-4-5-6-7-8-9-10-13-16-25-17-20-21(23)18-14-11-12-15-19(18)22(20)24/h11-12,14-15,17H,2-10,13,16H2,1H3. The number of benzene rings is 1. The lowest BCUT2D eigenvalue weighted by molar-refractivity contribution is 0.0989. The number of carbonyl (C=O) groups excluding carboxylic acids is 2. The van der Waals surface area contributed by atoms with Crippen molar-refractivity contribution >= 4 is 23.3 Å². The van der Waals surface area contributed by atoms with Gasteiger partial charge in [-0.1, -0.05) is 89.0 Å². The Labute approximate surface area is 156 Å². The van der Waals surface area contributed by atoms with Crippen LogP contribution in [0.4, 0.5) is 0 Å². The summed E-state index contributed by atoms with van der Waals surface area (Å²) in [5.41, 5.74) is 1.45. The summed E-state index contributed by atoms with van der Waals surface area (Å²) >= 11 is 1.60. The lowest BCUT2D eigenvalue weighted by Gasteiger charge is -2.02. The average molecular weight is 359 g/mol. The van der Waals surface area contributed by atoms with Crippen LogP contribution in [-0.4, -0.2) is 17.3 Å². The summed E-state index contributed by atoms with van der Waals surface area (Å²) in [6.07, 6.45) is 13.3. The van der Waals surface area contributed by atoms with Crippen LogP contribution in [0.3, 0.4) is 0 Å². The zero-order chi connectivity index (χ0) is 17.9. The van der Waals surface area contributed by atoms with Crippen molar-refractivity contribution in [3.8, 4) is 0 Å². The van der Waals surface area contributed by atoms with E-state index in [1.165, 1.54) is 57.8 Å². The van der Waals surface area contributed by atoms with Gasteiger partial charge in [-0.05, 0) is 17.6 Å². The molecule has 3 heteroatoms. The fourth-order valence-corrected chi connectivity index (χ4v) is 4.06. The highest BCUT2D eigenvalue weighted by Gasteiger charge is 2.32. The van der Waals surface area contributed by atoms with E-state index in [9.17, 15) is 9.59 Å². The molecule has 0 N–H and O–H groups in total. The third kappa shape index (κ3) is 6.14. The van der Waals surface area contributed by atoms with Gasteiger partial charge in [0.05, 0.1) is 5.57 Å². The molecule has 0 heterocycles. The van der Waals surface area contributed by atoms with Crippen LogP contribution in [0.2, 0.25) is 0 Å². The Balaban J connectivity index is 1.56. The minimum atomic E-state index is -0.115. The smallest absolute Gasteiger partial charge is 0.198 e. The monoisotopic (exact) mass is 358 g/mol. The molecule has 25 heavy (non-hydrogen) atoms. The number of ketones is 2. The number of fused-ring (bicyclic) bond motifs is 1. The lowest BCUT2D eigenvalue weighted by atomic mass is 10.1. The number of rotatable bonds is 12. The van der Waals surface area contributed by atoms with Gasteiger partial charge in [-0.2, -0.15) is 0 Å². The summed E-state index contributed by atoms with van der Waals surface area (Å²) < 4.78 is 0. The van der Waals surface area contributed by atoms with E-state index in [2.05, 4.69) is 6.92 Å². The molecule has 2 rings (SSSR count). The van der Waals surface area contributed by atoms with Crippen LogP contribution in [0, 0.1) is 0 Å². The Bertz CT molecular complexity index is 567.